The first-order valence-electron chi connectivity index (χ1n) is 6.04. The molecule has 0 aromatic carbocycles. The fraction of sp³-hybridized carbons (Fsp3) is 1.00. The van der Waals surface area contributed by atoms with Crippen LogP contribution in [0.4, 0.5) is 13.2 Å². The molecule has 3 nitrogen and oxygen atoms in total. The predicted molar refractivity (Wildman–Crippen MR) is 62.0 cm³/mol. The second-order valence-corrected chi connectivity index (χ2v) is 4.13. The minimum Gasteiger partial charge on any atom is -0.396 e. The van der Waals surface area contributed by atoms with E-state index in [2.05, 4.69) is 5.32 Å². The summed E-state index contributed by atoms with van der Waals surface area (Å²) in [6.45, 7) is 0.760. The molecule has 0 rings (SSSR count). The van der Waals surface area contributed by atoms with Gasteiger partial charge in [0, 0.05) is 19.7 Å². The van der Waals surface area contributed by atoms with Crippen LogP contribution in [-0.2, 0) is 0 Å². The molecule has 0 aliphatic heterocycles. The third kappa shape index (κ3) is 11.9. The minimum atomic E-state index is -4.13. The summed E-state index contributed by atoms with van der Waals surface area (Å²) in [5, 5.41) is 11.4. The average Bonchev–Trinajstić information content (AvgIpc) is 2.23. The van der Waals surface area contributed by atoms with Gasteiger partial charge in [-0.25, -0.2) is 0 Å². The maximum Gasteiger partial charge on any atom is 0.401 e. The summed E-state index contributed by atoms with van der Waals surface area (Å²) in [6.07, 6.45) is -0.898. The molecule has 2 N–H and O–H groups in total. The number of aliphatic hydroxyl groups excluding tert-OH is 1. The highest BCUT2D eigenvalue weighted by Gasteiger charge is 2.30. The summed E-state index contributed by atoms with van der Waals surface area (Å²) < 4.78 is 36.8. The van der Waals surface area contributed by atoms with Crippen LogP contribution in [0.2, 0.25) is 0 Å². The number of likely N-dealkylation sites (N-methyl/N-ethyl adjacent to an activating group) is 1. The second kappa shape index (κ2) is 9.67. The highest BCUT2D eigenvalue weighted by molar-refractivity contribution is 4.64. The molecular weight excluding hydrogens is 233 g/mol. The number of halogens is 3. The number of hydrogen-bond donors (Lipinski definition) is 2. The fourth-order valence-corrected chi connectivity index (χ4v) is 1.59. The van der Waals surface area contributed by atoms with Crippen molar-refractivity contribution in [3.8, 4) is 0 Å². The van der Waals surface area contributed by atoms with Crippen LogP contribution in [-0.4, -0.2) is 56.0 Å². The molecule has 0 aromatic rings. The summed E-state index contributed by atoms with van der Waals surface area (Å²) in [5.74, 6) is 0. The maximum absolute atomic E-state index is 12.3. The Hall–Kier alpha value is -0.330. The molecule has 0 saturated carbocycles. The third-order valence-corrected chi connectivity index (χ3v) is 2.46. The lowest BCUT2D eigenvalue weighted by molar-refractivity contribution is -0.145. The maximum atomic E-state index is 12.3. The molecule has 0 aromatic heterocycles. The molecule has 0 amide bonds. The van der Waals surface area contributed by atoms with E-state index in [0.29, 0.717) is 19.6 Å². The molecule has 0 radical (unpaired) electrons. The molecule has 6 heteroatoms. The van der Waals surface area contributed by atoms with Crippen molar-refractivity contribution in [2.75, 3.05) is 39.8 Å². The van der Waals surface area contributed by atoms with E-state index in [0.717, 1.165) is 25.7 Å². The van der Waals surface area contributed by atoms with Gasteiger partial charge < -0.3 is 10.4 Å². The monoisotopic (exact) mass is 256 g/mol. The molecular formula is C11H23F3N2O. The molecule has 0 bridgehead atoms. The first-order chi connectivity index (χ1) is 7.99. The van der Waals surface area contributed by atoms with Crippen molar-refractivity contribution < 1.29 is 18.3 Å². The molecule has 0 aliphatic carbocycles. The zero-order valence-electron chi connectivity index (χ0n) is 10.4. The van der Waals surface area contributed by atoms with E-state index in [1.54, 1.807) is 7.05 Å². The van der Waals surface area contributed by atoms with Gasteiger partial charge in [0.05, 0.1) is 6.54 Å². The van der Waals surface area contributed by atoms with Gasteiger partial charge in [0.1, 0.15) is 0 Å². The molecule has 0 unspecified atom stereocenters. The van der Waals surface area contributed by atoms with Crippen LogP contribution in [0.15, 0.2) is 0 Å². The Morgan fingerprint density at radius 1 is 1.06 bits per heavy atom. The van der Waals surface area contributed by atoms with Crippen LogP contribution in [0.3, 0.4) is 0 Å². The average molecular weight is 256 g/mol. The Balaban J connectivity index is 3.77. The first-order valence-corrected chi connectivity index (χ1v) is 6.04. The third-order valence-electron chi connectivity index (χ3n) is 2.46. The van der Waals surface area contributed by atoms with Crippen molar-refractivity contribution >= 4 is 0 Å². The standard InChI is InChI=1S/C11H23F3N2O/c1-15-6-8-16(10-11(12,13)14)7-4-2-3-5-9-17/h15,17H,2-10H2,1H3. The summed E-state index contributed by atoms with van der Waals surface area (Å²) in [6, 6.07) is 0. The topological polar surface area (TPSA) is 35.5 Å². The summed E-state index contributed by atoms with van der Waals surface area (Å²) in [4.78, 5) is 1.43. The minimum absolute atomic E-state index is 0.159. The molecule has 0 heterocycles. The van der Waals surface area contributed by atoms with Gasteiger partial charge in [-0.15, -0.1) is 0 Å². The Morgan fingerprint density at radius 3 is 2.24 bits per heavy atom. The summed E-state index contributed by atoms with van der Waals surface area (Å²) >= 11 is 0. The number of nitrogens with one attached hydrogen (secondary N) is 1. The van der Waals surface area contributed by atoms with E-state index < -0.39 is 12.7 Å². The van der Waals surface area contributed by atoms with Crippen molar-refractivity contribution in [1.29, 1.82) is 0 Å². The molecule has 104 valence electrons. The van der Waals surface area contributed by atoms with Crippen LogP contribution in [0, 0.1) is 0 Å². The zero-order valence-corrected chi connectivity index (χ0v) is 10.4. The van der Waals surface area contributed by atoms with Crippen molar-refractivity contribution in [2.45, 2.75) is 31.9 Å². The lowest BCUT2D eigenvalue weighted by Gasteiger charge is -2.23. The normalized spacial score (nSPS) is 12.4. The summed E-state index contributed by atoms with van der Waals surface area (Å²) in [5.41, 5.74) is 0. The highest BCUT2D eigenvalue weighted by atomic mass is 19.4. The van der Waals surface area contributed by atoms with Crippen LogP contribution in [0.5, 0.6) is 0 Å². The Bertz CT molecular complexity index is 177. The first kappa shape index (κ1) is 16.7. The number of nitrogens with zero attached hydrogens (tertiary/aromatic N) is 1. The second-order valence-electron chi connectivity index (χ2n) is 4.13. The Morgan fingerprint density at radius 2 is 1.71 bits per heavy atom. The van der Waals surface area contributed by atoms with E-state index in [9.17, 15) is 13.2 Å². The number of alkyl halides is 3. The lowest BCUT2D eigenvalue weighted by Crippen LogP contribution is -2.38. The highest BCUT2D eigenvalue weighted by Crippen LogP contribution is 2.16. The molecule has 0 aliphatic rings. The van der Waals surface area contributed by atoms with E-state index in [-0.39, 0.29) is 6.61 Å². The molecule has 17 heavy (non-hydrogen) atoms. The number of rotatable bonds is 10. The van der Waals surface area contributed by atoms with E-state index >= 15 is 0 Å². The molecule has 0 spiro atoms. The van der Waals surface area contributed by atoms with Crippen LogP contribution in [0.25, 0.3) is 0 Å². The van der Waals surface area contributed by atoms with E-state index in [4.69, 9.17) is 5.11 Å². The van der Waals surface area contributed by atoms with Gasteiger partial charge in [0.15, 0.2) is 0 Å². The molecule has 0 saturated heterocycles. The number of aliphatic hydroxyl groups is 1. The van der Waals surface area contributed by atoms with Crippen LogP contribution >= 0.6 is 0 Å². The fourth-order valence-electron chi connectivity index (χ4n) is 1.59. The Labute approximate surface area is 101 Å². The largest absolute Gasteiger partial charge is 0.401 e. The van der Waals surface area contributed by atoms with E-state index in [1.165, 1.54) is 4.90 Å². The summed E-state index contributed by atoms with van der Waals surface area (Å²) in [7, 11) is 1.73. The molecule has 0 atom stereocenters. The van der Waals surface area contributed by atoms with Crippen LogP contribution in [0.1, 0.15) is 25.7 Å². The Kier molecular flexibility index (Phi) is 9.49. The smallest absolute Gasteiger partial charge is 0.396 e. The lowest BCUT2D eigenvalue weighted by atomic mass is 10.2. The van der Waals surface area contributed by atoms with Gasteiger partial charge in [0.2, 0.25) is 0 Å². The van der Waals surface area contributed by atoms with Gasteiger partial charge >= 0.3 is 6.18 Å². The van der Waals surface area contributed by atoms with Gasteiger partial charge in [-0.1, -0.05) is 12.8 Å². The van der Waals surface area contributed by atoms with Crippen molar-refractivity contribution in [3.63, 3.8) is 0 Å². The number of unbranched alkanes of at least 4 members (excludes halogenated alkanes) is 3. The number of hydrogen-bond acceptors (Lipinski definition) is 3. The predicted octanol–water partition coefficient (Wildman–Crippen LogP) is 1.62. The zero-order chi connectivity index (χ0) is 13.1. The van der Waals surface area contributed by atoms with Gasteiger partial charge in [-0.05, 0) is 26.4 Å². The van der Waals surface area contributed by atoms with Crippen molar-refractivity contribution in [1.82, 2.24) is 10.2 Å². The van der Waals surface area contributed by atoms with Crippen LogP contribution < -0.4 is 5.32 Å². The van der Waals surface area contributed by atoms with Gasteiger partial charge in [-0.2, -0.15) is 13.2 Å². The van der Waals surface area contributed by atoms with Gasteiger partial charge in [-0.3, -0.25) is 4.90 Å². The van der Waals surface area contributed by atoms with Gasteiger partial charge in [0.25, 0.3) is 0 Å². The van der Waals surface area contributed by atoms with Crippen molar-refractivity contribution in [2.24, 2.45) is 0 Å². The van der Waals surface area contributed by atoms with E-state index in [1.807, 2.05) is 0 Å². The quantitative estimate of drug-likeness (QED) is 0.583. The van der Waals surface area contributed by atoms with Crippen molar-refractivity contribution in [3.05, 3.63) is 0 Å². The molecule has 0 fully saturated rings. The SMILES string of the molecule is CNCCN(CCCCCCO)CC(F)(F)F.